The van der Waals surface area contributed by atoms with Crippen molar-refractivity contribution in [3.05, 3.63) is 52.9 Å². The lowest BCUT2D eigenvalue weighted by molar-refractivity contribution is 0.105. The van der Waals surface area contributed by atoms with Crippen LogP contribution in [-0.2, 0) is 0 Å². The molecule has 19 heavy (non-hydrogen) atoms. The first-order valence-corrected chi connectivity index (χ1v) is 6.61. The highest BCUT2D eigenvalue weighted by Crippen LogP contribution is 2.34. The number of nitrogens with one attached hydrogen (secondary N) is 1. The molecule has 3 rings (SSSR count). The number of anilines is 1. The van der Waals surface area contributed by atoms with Gasteiger partial charge in [-0.2, -0.15) is 0 Å². The fourth-order valence-corrected chi connectivity index (χ4v) is 2.35. The molecule has 5 heteroatoms. The number of rotatable bonds is 4. The van der Waals surface area contributed by atoms with E-state index in [-0.39, 0.29) is 12.6 Å². The van der Waals surface area contributed by atoms with E-state index < -0.39 is 0 Å². The summed E-state index contributed by atoms with van der Waals surface area (Å²) in [6.07, 6.45) is 3.13. The zero-order valence-electron chi connectivity index (χ0n) is 9.96. The maximum Gasteiger partial charge on any atom is 0.231 e. The van der Waals surface area contributed by atoms with Crippen LogP contribution >= 0.6 is 11.3 Å². The van der Waals surface area contributed by atoms with Crippen LogP contribution in [0.2, 0.25) is 0 Å². The minimum atomic E-state index is -0.0109. The van der Waals surface area contributed by atoms with Gasteiger partial charge >= 0.3 is 0 Å². The minimum absolute atomic E-state index is 0.0109. The highest BCUT2D eigenvalue weighted by molar-refractivity contribution is 7.12. The van der Waals surface area contributed by atoms with Gasteiger partial charge in [0.15, 0.2) is 17.3 Å². The van der Waals surface area contributed by atoms with Crippen LogP contribution in [-0.4, -0.2) is 12.6 Å². The fraction of sp³-hybridized carbons (Fsp3) is 0.0714. The second kappa shape index (κ2) is 5.16. The molecule has 0 spiro atoms. The van der Waals surface area contributed by atoms with Crippen LogP contribution in [0.1, 0.15) is 9.67 Å². The zero-order valence-corrected chi connectivity index (χ0v) is 10.8. The van der Waals surface area contributed by atoms with Gasteiger partial charge in [0.1, 0.15) is 0 Å². The third kappa shape index (κ3) is 2.61. The van der Waals surface area contributed by atoms with Crippen LogP contribution in [0.25, 0.3) is 0 Å². The Morgan fingerprint density at radius 3 is 3.00 bits per heavy atom. The Morgan fingerprint density at radius 1 is 1.26 bits per heavy atom. The summed E-state index contributed by atoms with van der Waals surface area (Å²) in [5.41, 5.74) is 0.847. The molecular formula is C14H11NO3S. The summed E-state index contributed by atoms with van der Waals surface area (Å²) in [6, 6.07) is 9.20. The molecule has 96 valence electrons. The van der Waals surface area contributed by atoms with Crippen molar-refractivity contribution in [1.82, 2.24) is 0 Å². The van der Waals surface area contributed by atoms with E-state index in [1.54, 1.807) is 12.3 Å². The Kier molecular flexibility index (Phi) is 3.20. The van der Waals surface area contributed by atoms with E-state index in [1.807, 2.05) is 29.6 Å². The van der Waals surface area contributed by atoms with Gasteiger partial charge in [0, 0.05) is 24.0 Å². The summed E-state index contributed by atoms with van der Waals surface area (Å²) in [5.74, 6) is 1.44. The van der Waals surface area contributed by atoms with Crippen LogP contribution < -0.4 is 14.8 Å². The van der Waals surface area contributed by atoms with Crippen LogP contribution in [0.3, 0.4) is 0 Å². The van der Waals surface area contributed by atoms with Gasteiger partial charge in [0.05, 0.1) is 4.88 Å². The summed E-state index contributed by atoms with van der Waals surface area (Å²) in [7, 11) is 0. The summed E-state index contributed by atoms with van der Waals surface area (Å²) < 4.78 is 10.5. The molecule has 1 aliphatic heterocycles. The van der Waals surface area contributed by atoms with Crippen molar-refractivity contribution in [2.45, 2.75) is 0 Å². The molecule has 1 aromatic heterocycles. The second-order valence-corrected chi connectivity index (χ2v) is 4.83. The molecule has 4 nitrogen and oxygen atoms in total. The highest BCUT2D eigenvalue weighted by atomic mass is 32.1. The molecule has 1 aliphatic rings. The summed E-state index contributed by atoms with van der Waals surface area (Å²) in [6.45, 7) is 0.255. The maximum atomic E-state index is 11.7. The molecular weight excluding hydrogens is 262 g/mol. The second-order valence-electron chi connectivity index (χ2n) is 3.89. The standard InChI is InChI=1S/C14H11NO3S/c16-11(14-2-1-7-19-14)5-6-15-10-3-4-12-13(8-10)18-9-17-12/h1-8,15H,9H2/b6-5-. The quantitative estimate of drug-likeness (QED) is 0.686. The van der Waals surface area contributed by atoms with E-state index >= 15 is 0 Å². The van der Waals surface area contributed by atoms with Crippen molar-refractivity contribution in [3.8, 4) is 11.5 Å². The Labute approximate surface area is 114 Å². The first-order chi connectivity index (χ1) is 9.33. The minimum Gasteiger partial charge on any atom is -0.454 e. The molecule has 1 N–H and O–H groups in total. The van der Waals surface area contributed by atoms with Gasteiger partial charge < -0.3 is 14.8 Å². The largest absolute Gasteiger partial charge is 0.454 e. The van der Waals surface area contributed by atoms with Crippen molar-refractivity contribution < 1.29 is 14.3 Å². The Morgan fingerprint density at radius 2 is 2.16 bits per heavy atom. The lowest BCUT2D eigenvalue weighted by Gasteiger charge is -2.01. The smallest absolute Gasteiger partial charge is 0.231 e. The van der Waals surface area contributed by atoms with Crippen LogP contribution in [0.15, 0.2) is 48.0 Å². The van der Waals surface area contributed by atoms with Gasteiger partial charge in [-0.05, 0) is 23.6 Å². The topological polar surface area (TPSA) is 47.6 Å². The predicted molar refractivity (Wildman–Crippen MR) is 74.0 cm³/mol. The van der Waals surface area contributed by atoms with Crippen molar-refractivity contribution >= 4 is 22.8 Å². The molecule has 1 aromatic carbocycles. The number of ketones is 1. The third-order valence-corrected chi connectivity index (χ3v) is 3.51. The van der Waals surface area contributed by atoms with Crippen molar-refractivity contribution in [2.24, 2.45) is 0 Å². The van der Waals surface area contributed by atoms with Gasteiger partial charge in [0.2, 0.25) is 6.79 Å². The molecule has 2 aromatic rings. The molecule has 0 atom stereocenters. The van der Waals surface area contributed by atoms with Gasteiger partial charge in [-0.15, -0.1) is 11.3 Å². The van der Waals surface area contributed by atoms with E-state index in [0.29, 0.717) is 5.75 Å². The van der Waals surface area contributed by atoms with Gasteiger partial charge in [-0.1, -0.05) is 6.07 Å². The van der Waals surface area contributed by atoms with E-state index in [4.69, 9.17) is 9.47 Å². The van der Waals surface area contributed by atoms with E-state index in [1.165, 1.54) is 17.4 Å². The molecule has 0 amide bonds. The molecule has 0 radical (unpaired) electrons. The number of thiophene rings is 1. The van der Waals surface area contributed by atoms with Crippen molar-refractivity contribution in [3.63, 3.8) is 0 Å². The monoisotopic (exact) mass is 273 g/mol. The summed E-state index contributed by atoms with van der Waals surface area (Å²) in [5, 5.41) is 4.92. The number of carbonyl (C=O) groups excluding carboxylic acids is 1. The Balaban J connectivity index is 1.64. The zero-order chi connectivity index (χ0) is 13.1. The first-order valence-electron chi connectivity index (χ1n) is 5.73. The molecule has 0 unspecified atom stereocenters. The molecule has 0 saturated carbocycles. The SMILES string of the molecule is O=C(/C=C\Nc1ccc2c(c1)OCO2)c1cccs1. The number of allylic oxidation sites excluding steroid dienone is 1. The predicted octanol–water partition coefficient (Wildman–Crippen LogP) is 3.29. The molecule has 2 heterocycles. The van der Waals surface area contributed by atoms with E-state index in [0.717, 1.165) is 16.3 Å². The lowest BCUT2D eigenvalue weighted by atomic mass is 10.2. The lowest BCUT2D eigenvalue weighted by Crippen LogP contribution is -1.93. The average Bonchev–Trinajstić information content (AvgIpc) is 3.09. The normalized spacial score (nSPS) is 12.8. The summed E-state index contributed by atoms with van der Waals surface area (Å²) >= 11 is 1.43. The van der Waals surface area contributed by atoms with Crippen LogP contribution in [0.5, 0.6) is 11.5 Å². The number of hydrogen-bond acceptors (Lipinski definition) is 5. The number of ether oxygens (including phenoxy) is 2. The van der Waals surface area contributed by atoms with Crippen molar-refractivity contribution in [2.75, 3.05) is 12.1 Å². The van der Waals surface area contributed by atoms with Crippen LogP contribution in [0, 0.1) is 0 Å². The number of benzene rings is 1. The Bertz CT molecular complexity index is 620. The highest BCUT2D eigenvalue weighted by Gasteiger charge is 2.12. The van der Waals surface area contributed by atoms with Gasteiger partial charge in [-0.3, -0.25) is 4.79 Å². The number of hydrogen-bond donors (Lipinski definition) is 1. The molecule has 0 saturated heterocycles. The molecule has 0 fully saturated rings. The Hall–Kier alpha value is -2.27. The van der Waals surface area contributed by atoms with Gasteiger partial charge in [-0.25, -0.2) is 0 Å². The fourth-order valence-electron chi connectivity index (χ4n) is 1.70. The number of carbonyl (C=O) groups is 1. The van der Waals surface area contributed by atoms with Crippen molar-refractivity contribution in [1.29, 1.82) is 0 Å². The molecule has 0 aliphatic carbocycles. The third-order valence-electron chi connectivity index (χ3n) is 2.62. The maximum absolute atomic E-state index is 11.7. The number of fused-ring (bicyclic) bond motifs is 1. The molecule has 0 bridgehead atoms. The van der Waals surface area contributed by atoms with Gasteiger partial charge in [0.25, 0.3) is 0 Å². The first kappa shape index (κ1) is 11.8. The summed E-state index contributed by atoms with van der Waals surface area (Å²) in [4.78, 5) is 12.4. The van der Waals surface area contributed by atoms with E-state index in [9.17, 15) is 4.79 Å². The van der Waals surface area contributed by atoms with E-state index in [2.05, 4.69) is 5.32 Å². The van der Waals surface area contributed by atoms with Crippen LogP contribution in [0.4, 0.5) is 5.69 Å². The average molecular weight is 273 g/mol.